The van der Waals surface area contributed by atoms with E-state index >= 15 is 0 Å². The van der Waals surface area contributed by atoms with E-state index in [1.807, 2.05) is 6.07 Å². The predicted molar refractivity (Wildman–Crippen MR) is 51.2 cm³/mol. The van der Waals surface area contributed by atoms with Gasteiger partial charge in [0.25, 0.3) is 0 Å². The van der Waals surface area contributed by atoms with Gasteiger partial charge in [-0.3, -0.25) is 0 Å². The Hall–Kier alpha value is -0.110. The smallest absolute Gasteiger partial charge is 1.00 e. The number of aryl methyl sites for hydroxylation is 1. The minimum Gasteiger partial charge on any atom is -1.00 e. The van der Waals surface area contributed by atoms with Crippen LogP contribution in [0.15, 0.2) is 30.3 Å². The molecule has 0 amide bonds. The Kier molecular flexibility index (Phi) is 8.41. The molecule has 0 atom stereocenters. The molecule has 1 rings (SSSR count). The second-order valence-corrected chi connectivity index (χ2v) is 2.90. The van der Waals surface area contributed by atoms with Crippen molar-refractivity contribution >= 4 is 6.29 Å². The molecule has 0 bridgehead atoms. The topological polar surface area (TPSA) is 17.1 Å². The first-order chi connectivity index (χ1) is 5.93. The average Bonchev–Trinajstić information content (AvgIpc) is 2.14. The van der Waals surface area contributed by atoms with Crippen LogP contribution >= 0.6 is 0 Å². The molecule has 66 valence electrons. The molecular formula is C11H15NaO. The fourth-order valence-electron chi connectivity index (χ4n) is 1.20. The van der Waals surface area contributed by atoms with Gasteiger partial charge in [-0.2, -0.15) is 0 Å². The summed E-state index contributed by atoms with van der Waals surface area (Å²) in [5.41, 5.74) is 1.36. The van der Waals surface area contributed by atoms with Gasteiger partial charge in [-0.1, -0.05) is 30.3 Å². The van der Waals surface area contributed by atoms with Gasteiger partial charge in [0.1, 0.15) is 6.29 Å². The van der Waals surface area contributed by atoms with Gasteiger partial charge in [0, 0.05) is 6.42 Å². The van der Waals surface area contributed by atoms with E-state index in [1.54, 1.807) is 0 Å². The molecule has 0 N–H and O–H groups in total. The molecule has 0 aromatic heterocycles. The fraction of sp³-hybridized carbons (Fsp3) is 0.364. The second kappa shape index (κ2) is 8.49. The van der Waals surface area contributed by atoms with Gasteiger partial charge in [-0.05, 0) is 24.8 Å². The minimum atomic E-state index is 0. The number of benzene rings is 1. The molecule has 1 nitrogen and oxygen atoms in total. The molecule has 0 fully saturated rings. The minimum absolute atomic E-state index is 0. The normalized spacial score (nSPS) is 8.92. The summed E-state index contributed by atoms with van der Waals surface area (Å²) in [5.74, 6) is 0. The number of hydrogen-bond acceptors (Lipinski definition) is 1. The molecule has 0 aliphatic carbocycles. The summed E-state index contributed by atoms with van der Waals surface area (Å²) in [5, 5.41) is 0. The first-order valence-electron chi connectivity index (χ1n) is 4.41. The van der Waals surface area contributed by atoms with Crippen LogP contribution < -0.4 is 29.6 Å². The van der Waals surface area contributed by atoms with Crippen molar-refractivity contribution in [3.8, 4) is 0 Å². The van der Waals surface area contributed by atoms with Crippen molar-refractivity contribution in [2.75, 3.05) is 0 Å². The van der Waals surface area contributed by atoms with Crippen LogP contribution in [-0.4, -0.2) is 6.29 Å². The van der Waals surface area contributed by atoms with Crippen molar-refractivity contribution in [2.24, 2.45) is 0 Å². The van der Waals surface area contributed by atoms with E-state index in [0.29, 0.717) is 6.42 Å². The van der Waals surface area contributed by atoms with Gasteiger partial charge in [0.05, 0.1) is 0 Å². The van der Waals surface area contributed by atoms with Gasteiger partial charge >= 0.3 is 29.6 Å². The Morgan fingerprint density at radius 1 is 1.15 bits per heavy atom. The number of carbonyl (C=O) groups excluding carboxylic acids is 1. The molecule has 1 aromatic carbocycles. The number of carbonyl (C=O) groups is 1. The van der Waals surface area contributed by atoms with Crippen LogP contribution in [0.4, 0.5) is 0 Å². The Morgan fingerprint density at radius 2 is 1.85 bits per heavy atom. The number of rotatable bonds is 5. The summed E-state index contributed by atoms with van der Waals surface area (Å²) in [6, 6.07) is 10.4. The Balaban J connectivity index is 0. The third-order valence-corrected chi connectivity index (χ3v) is 1.88. The van der Waals surface area contributed by atoms with Gasteiger partial charge in [0.15, 0.2) is 0 Å². The van der Waals surface area contributed by atoms with Crippen LogP contribution in [0.3, 0.4) is 0 Å². The zero-order valence-corrected chi connectivity index (χ0v) is 10.2. The third-order valence-electron chi connectivity index (χ3n) is 1.88. The summed E-state index contributed by atoms with van der Waals surface area (Å²) < 4.78 is 0. The van der Waals surface area contributed by atoms with Crippen LogP contribution in [0.1, 0.15) is 26.3 Å². The standard InChI is InChI=1S/C11H14O.Na.H/c12-10-6-2-5-9-11-7-3-1-4-8-11;;/h1,3-4,7-8,10H,2,5-6,9H2;;/q;+1;-1. The molecule has 0 aliphatic rings. The monoisotopic (exact) mass is 186 g/mol. The van der Waals surface area contributed by atoms with Crippen LogP contribution in [0.5, 0.6) is 0 Å². The molecule has 1 aromatic rings. The first-order valence-corrected chi connectivity index (χ1v) is 4.41. The van der Waals surface area contributed by atoms with E-state index in [0.717, 1.165) is 25.5 Å². The van der Waals surface area contributed by atoms with E-state index in [-0.39, 0.29) is 31.0 Å². The van der Waals surface area contributed by atoms with Crippen molar-refractivity contribution in [3.63, 3.8) is 0 Å². The maximum absolute atomic E-state index is 10.0. The number of unbranched alkanes of at least 4 members (excludes halogenated alkanes) is 2. The molecule has 13 heavy (non-hydrogen) atoms. The summed E-state index contributed by atoms with van der Waals surface area (Å²) in [7, 11) is 0. The van der Waals surface area contributed by atoms with E-state index in [9.17, 15) is 4.79 Å². The fourth-order valence-corrected chi connectivity index (χ4v) is 1.20. The molecule has 0 saturated heterocycles. The SMILES string of the molecule is O=CCCCCc1ccccc1.[H-].[Na+]. The zero-order valence-electron chi connectivity index (χ0n) is 9.20. The predicted octanol–water partition coefficient (Wildman–Crippen LogP) is -0.285. The van der Waals surface area contributed by atoms with E-state index in [1.165, 1.54) is 5.56 Å². The molecule has 0 aliphatic heterocycles. The summed E-state index contributed by atoms with van der Waals surface area (Å²) in [6.07, 6.45) is 4.91. The van der Waals surface area contributed by atoms with Gasteiger partial charge < -0.3 is 6.22 Å². The summed E-state index contributed by atoms with van der Waals surface area (Å²) in [6.45, 7) is 0. The van der Waals surface area contributed by atoms with Crippen LogP contribution in [-0.2, 0) is 11.2 Å². The summed E-state index contributed by atoms with van der Waals surface area (Å²) in [4.78, 5) is 10.0. The zero-order chi connectivity index (χ0) is 8.65. The van der Waals surface area contributed by atoms with E-state index in [2.05, 4.69) is 24.3 Å². The quantitative estimate of drug-likeness (QED) is 0.351. The largest absolute Gasteiger partial charge is 1.00 e. The number of aldehydes is 1. The van der Waals surface area contributed by atoms with Crippen molar-refractivity contribution < 1.29 is 35.8 Å². The molecular weight excluding hydrogens is 171 g/mol. The van der Waals surface area contributed by atoms with Crippen LogP contribution in [0, 0.1) is 0 Å². The average molecular weight is 186 g/mol. The van der Waals surface area contributed by atoms with Gasteiger partial charge in [-0.15, -0.1) is 0 Å². The third kappa shape index (κ3) is 6.03. The van der Waals surface area contributed by atoms with Crippen molar-refractivity contribution in [1.29, 1.82) is 0 Å². The molecule has 0 radical (unpaired) electrons. The van der Waals surface area contributed by atoms with E-state index < -0.39 is 0 Å². The maximum Gasteiger partial charge on any atom is 1.00 e. The summed E-state index contributed by atoms with van der Waals surface area (Å²) >= 11 is 0. The molecule has 0 spiro atoms. The van der Waals surface area contributed by atoms with Gasteiger partial charge in [0.2, 0.25) is 0 Å². The Labute approximate surface area is 103 Å². The van der Waals surface area contributed by atoms with Crippen molar-refractivity contribution in [3.05, 3.63) is 35.9 Å². The van der Waals surface area contributed by atoms with Crippen LogP contribution in [0.25, 0.3) is 0 Å². The second-order valence-electron chi connectivity index (χ2n) is 2.90. The van der Waals surface area contributed by atoms with E-state index in [4.69, 9.17) is 0 Å². The molecule has 0 saturated carbocycles. The Bertz CT molecular complexity index is 226. The molecule has 0 unspecified atom stereocenters. The van der Waals surface area contributed by atoms with Crippen molar-refractivity contribution in [1.82, 2.24) is 0 Å². The van der Waals surface area contributed by atoms with Crippen molar-refractivity contribution in [2.45, 2.75) is 25.7 Å². The van der Waals surface area contributed by atoms with Crippen LogP contribution in [0.2, 0.25) is 0 Å². The first kappa shape index (κ1) is 12.9. The maximum atomic E-state index is 10.0. The molecule has 0 heterocycles. The number of hydrogen-bond donors (Lipinski definition) is 0. The Morgan fingerprint density at radius 3 is 2.46 bits per heavy atom. The van der Waals surface area contributed by atoms with Gasteiger partial charge in [-0.25, -0.2) is 0 Å². The molecule has 2 heteroatoms.